The number of nitrogens with zero attached hydrogens (tertiary/aromatic N) is 1. The second kappa shape index (κ2) is 2.25. The van der Waals surface area contributed by atoms with Crippen LogP contribution in [0, 0.1) is 5.41 Å². The van der Waals surface area contributed by atoms with E-state index in [1.807, 2.05) is 6.07 Å². The van der Waals surface area contributed by atoms with Crippen LogP contribution in [-0.4, -0.2) is 10.1 Å². The maximum absolute atomic E-state index is 10.1. The highest BCUT2D eigenvalue weighted by molar-refractivity contribution is 6.29. The summed E-state index contributed by atoms with van der Waals surface area (Å²) in [6.45, 7) is 0. The summed E-state index contributed by atoms with van der Waals surface area (Å²) in [4.78, 5) is 4.07. The number of pyridine rings is 1. The minimum Gasteiger partial charge on any atom is -0.386 e. The molecule has 1 N–H and O–H groups in total. The zero-order chi connectivity index (χ0) is 9.97. The molecule has 68 valence electrons. The zero-order valence-corrected chi connectivity index (χ0v) is 7.80. The van der Waals surface area contributed by atoms with E-state index < -0.39 is 6.08 Å². The molecule has 0 saturated heterocycles. The normalized spacial score (nSPS) is 34.5. The van der Waals surface area contributed by atoms with Crippen LogP contribution >= 0.6 is 11.6 Å². The van der Waals surface area contributed by atoms with E-state index in [0.29, 0.717) is 10.8 Å². The molecule has 2 nitrogen and oxygen atoms in total. The Hall–Kier alpha value is -0.600. The van der Waals surface area contributed by atoms with Crippen LogP contribution in [0.1, 0.15) is 31.5 Å². The molecule has 0 aliphatic heterocycles. The van der Waals surface area contributed by atoms with E-state index in [2.05, 4.69) is 4.98 Å². The fourth-order valence-corrected chi connectivity index (χ4v) is 2.22. The number of rotatable bonds is 0. The van der Waals surface area contributed by atoms with Crippen molar-refractivity contribution in [3.05, 3.63) is 28.5 Å². The molecule has 1 atom stereocenters. The van der Waals surface area contributed by atoms with Crippen LogP contribution in [0.25, 0.3) is 0 Å². The lowest BCUT2D eigenvalue weighted by Gasteiger charge is -2.10. The molecule has 13 heavy (non-hydrogen) atoms. The number of halogens is 1. The third kappa shape index (κ3) is 0.960. The van der Waals surface area contributed by atoms with Crippen molar-refractivity contribution in [2.45, 2.75) is 25.3 Å². The third-order valence-corrected chi connectivity index (χ3v) is 3.26. The molecule has 1 fully saturated rings. The number of hydrogen-bond acceptors (Lipinski definition) is 2. The van der Waals surface area contributed by atoms with Gasteiger partial charge in [-0.25, -0.2) is 4.98 Å². The highest BCUT2D eigenvalue weighted by Gasteiger charge is 2.54. The number of fused-ring (bicyclic) bond motifs is 1. The molecular weight excluding hydrogens is 186 g/mol. The molecule has 0 bridgehead atoms. The SMILES string of the molecule is [2H]C1(O)c2nc(Cl)ccc2CC12CC2. The number of hydrogen-bond donors (Lipinski definition) is 1. The largest absolute Gasteiger partial charge is 0.386 e. The van der Waals surface area contributed by atoms with Crippen LogP contribution in [-0.2, 0) is 6.42 Å². The third-order valence-electron chi connectivity index (χ3n) is 3.05. The zero-order valence-electron chi connectivity index (χ0n) is 8.05. The van der Waals surface area contributed by atoms with Gasteiger partial charge in [0.25, 0.3) is 0 Å². The summed E-state index contributed by atoms with van der Waals surface area (Å²) < 4.78 is 7.96. The van der Waals surface area contributed by atoms with Crippen LogP contribution in [0.5, 0.6) is 0 Å². The van der Waals surface area contributed by atoms with Crippen LogP contribution in [0.4, 0.5) is 0 Å². The molecule has 1 saturated carbocycles. The van der Waals surface area contributed by atoms with Gasteiger partial charge in [-0.3, -0.25) is 0 Å². The lowest BCUT2D eigenvalue weighted by Crippen LogP contribution is -2.07. The lowest BCUT2D eigenvalue weighted by atomic mass is 10.0. The van der Waals surface area contributed by atoms with Gasteiger partial charge in [0.15, 0.2) is 0 Å². The Morgan fingerprint density at radius 2 is 2.38 bits per heavy atom. The highest BCUT2D eigenvalue weighted by Crippen LogP contribution is 2.61. The van der Waals surface area contributed by atoms with Gasteiger partial charge in [-0.2, -0.15) is 0 Å². The molecule has 1 aromatic heterocycles. The van der Waals surface area contributed by atoms with E-state index in [0.717, 1.165) is 24.8 Å². The highest BCUT2D eigenvalue weighted by atomic mass is 35.5. The van der Waals surface area contributed by atoms with Crippen molar-refractivity contribution in [3.63, 3.8) is 0 Å². The quantitative estimate of drug-likeness (QED) is 0.645. The van der Waals surface area contributed by atoms with Gasteiger partial charge in [-0.1, -0.05) is 17.7 Å². The summed E-state index contributed by atoms with van der Waals surface area (Å²) in [5, 5.41) is 10.5. The molecule has 3 heteroatoms. The first-order valence-electron chi connectivity index (χ1n) is 4.93. The Labute approximate surface area is 83.0 Å². The second-order valence-corrected chi connectivity index (χ2v) is 4.33. The topological polar surface area (TPSA) is 33.1 Å². The molecule has 1 spiro atoms. The van der Waals surface area contributed by atoms with Gasteiger partial charge < -0.3 is 5.11 Å². The molecule has 0 amide bonds. The van der Waals surface area contributed by atoms with Crippen molar-refractivity contribution >= 4 is 11.6 Å². The summed E-state index contributed by atoms with van der Waals surface area (Å²) >= 11 is 5.76. The molecule has 1 heterocycles. The number of aliphatic hydroxyl groups is 1. The van der Waals surface area contributed by atoms with Gasteiger partial charge in [-0.15, -0.1) is 0 Å². The first-order valence-corrected chi connectivity index (χ1v) is 4.81. The molecule has 3 rings (SSSR count). The lowest BCUT2D eigenvalue weighted by molar-refractivity contribution is 0.105. The maximum atomic E-state index is 10.1. The Kier molecular flexibility index (Phi) is 1.18. The molecule has 0 radical (unpaired) electrons. The minimum absolute atomic E-state index is 0.257. The van der Waals surface area contributed by atoms with Crippen molar-refractivity contribution in [2.24, 2.45) is 5.41 Å². The summed E-state index contributed by atoms with van der Waals surface area (Å²) in [6.07, 6.45) is 1.09. The van der Waals surface area contributed by atoms with E-state index in [1.54, 1.807) is 6.07 Å². The molecule has 2 aliphatic rings. The van der Waals surface area contributed by atoms with Crippen molar-refractivity contribution in [2.75, 3.05) is 0 Å². The summed E-state index contributed by atoms with van der Waals surface area (Å²) in [5.74, 6) is 0. The minimum atomic E-state index is -1.52. The van der Waals surface area contributed by atoms with Crippen LogP contribution in [0.2, 0.25) is 5.15 Å². The average molecular weight is 197 g/mol. The smallest absolute Gasteiger partial charge is 0.129 e. The molecule has 0 aromatic carbocycles. The molecular formula is C10H10ClNO. The monoisotopic (exact) mass is 196 g/mol. The predicted octanol–water partition coefficient (Wildman–Crippen LogP) is 2.10. The van der Waals surface area contributed by atoms with Crippen LogP contribution in [0.3, 0.4) is 0 Å². The van der Waals surface area contributed by atoms with Crippen molar-refractivity contribution in [1.82, 2.24) is 4.98 Å². The van der Waals surface area contributed by atoms with E-state index in [9.17, 15) is 5.11 Å². The van der Waals surface area contributed by atoms with E-state index in [4.69, 9.17) is 13.0 Å². The summed E-state index contributed by atoms with van der Waals surface area (Å²) in [6, 6.07) is 3.59. The Morgan fingerprint density at radius 3 is 3.08 bits per heavy atom. The Balaban J connectivity index is 2.20. The van der Waals surface area contributed by atoms with Gasteiger partial charge in [0, 0.05) is 5.41 Å². The van der Waals surface area contributed by atoms with Gasteiger partial charge in [0.05, 0.1) is 7.06 Å². The standard InChI is InChI=1S/C10H10ClNO/c11-7-2-1-6-5-10(3-4-10)9(13)8(6)12-7/h1-2,9,13H,3-5H2/i9D. The second-order valence-electron chi connectivity index (χ2n) is 3.95. The number of aromatic nitrogens is 1. The van der Waals surface area contributed by atoms with Gasteiger partial charge >= 0.3 is 0 Å². The predicted molar refractivity (Wildman–Crippen MR) is 49.6 cm³/mol. The molecule has 1 unspecified atom stereocenters. The van der Waals surface area contributed by atoms with Gasteiger partial charge in [-0.05, 0) is 30.9 Å². The molecule has 2 aliphatic carbocycles. The van der Waals surface area contributed by atoms with Crippen LogP contribution in [0.15, 0.2) is 12.1 Å². The van der Waals surface area contributed by atoms with Gasteiger partial charge in [0.2, 0.25) is 0 Å². The first-order chi connectivity index (χ1) is 6.55. The van der Waals surface area contributed by atoms with Crippen LogP contribution < -0.4 is 0 Å². The summed E-state index contributed by atoms with van der Waals surface area (Å²) in [5.41, 5.74) is 1.18. The van der Waals surface area contributed by atoms with E-state index >= 15 is 0 Å². The van der Waals surface area contributed by atoms with Crippen molar-refractivity contribution < 1.29 is 6.48 Å². The van der Waals surface area contributed by atoms with Crippen molar-refractivity contribution in [3.8, 4) is 0 Å². The Morgan fingerprint density at radius 1 is 1.62 bits per heavy atom. The van der Waals surface area contributed by atoms with E-state index in [-0.39, 0.29) is 5.41 Å². The fourth-order valence-electron chi connectivity index (χ4n) is 2.08. The average Bonchev–Trinajstić information content (AvgIpc) is 2.85. The first kappa shape index (κ1) is 6.80. The van der Waals surface area contributed by atoms with Gasteiger partial charge in [0.1, 0.15) is 11.2 Å². The van der Waals surface area contributed by atoms with E-state index in [1.165, 1.54) is 0 Å². The summed E-state index contributed by atoms with van der Waals surface area (Å²) in [7, 11) is 0. The molecule has 1 aromatic rings. The fraction of sp³-hybridized carbons (Fsp3) is 0.500. The maximum Gasteiger partial charge on any atom is 0.129 e. The van der Waals surface area contributed by atoms with Crippen molar-refractivity contribution in [1.29, 1.82) is 0 Å². The Bertz CT molecular complexity index is 415.